The van der Waals surface area contributed by atoms with Gasteiger partial charge in [-0.2, -0.15) is 0 Å². The maximum atomic E-state index is 13.6. The highest BCUT2D eigenvalue weighted by molar-refractivity contribution is 6.04. The lowest BCUT2D eigenvalue weighted by Crippen LogP contribution is -2.50. The number of ether oxygens (including phenoxy) is 1. The van der Waals surface area contributed by atoms with Gasteiger partial charge in [-0.05, 0) is 81.1 Å². The second-order valence-corrected chi connectivity index (χ2v) is 9.45. The number of amides is 1. The Balaban J connectivity index is 1.29. The predicted molar refractivity (Wildman–Crippen MR) is 139 cm³/mol. The van der Waals surface area contributed by atoms with Gasteiger partial charge in [-0.25, -0.2) is 4.39 Å². The molecule has 3 aromatic rings. The predicted octanol–water partition coefficient (Wildman–Crippen LogP) is 4.36. The zero-order valence-electron chi connectivity index (χ0n) is 20.9. The third-order valence-electron chi connectivity index (χ3n) is 6.42. The number of likely N-dealkylation sites (tertiary alicyclic amines) is 1. The fourth-order valence-electron chi connectivity index (χ4n) is 4.64. The van der Waals surface area contributed by atoms with E-state index in [4.69, 9.17) is 4.74 Å². The number of aryl methyl sites for hydroxylation is 2. The van der Waals surface area contributed by atoms with Crippen LogP contribution in [0.3, 0.4) is 0 Å². The first-order valence-electron chi connectivity index (χ1n) is 12.5. The Labute approximate surface area is 211 Å². The number of para-hydroxylation sites is 2. The van der Waals surface area contributed by atoms with Crippen molar-refractivity contribution in [3.05, 3.63) is 82.9 Å². The molecule has 0 spiro atoms. The lowest BCUT2D eigenvalue weighted by Gasteiger charge is -2.36. The first-order chi connectivity index (χ1) is 17.4. The largest absolute Gasteiger partial charge is 0.489 e. The Morgan fingerprint density at radius 3 is 2.81 bits per heavy atom. The van der Waals surface area contributed by atoms with Crippen LogP contribution in [0, 0.1) is 19.7 Å². The van der Waals surface area contributed by atoms with Crippen LogP contribution in [-0.2, 0) is 6.54 Å². The number of aliphatic hydroxyl groups excluding tert-OH is 1. The second-order valence-electron chi connectivity index (χ2n) is 9.45. The molecular weight excluding hydrogens is 459 g/mol. The minimum absolute atomic E-state index is 0.0805. The van der Waals surface area contributed by atoms with Crippen molar-refractivity contribution in [3.63, 3.8) is 0 Å². The molecule has 1 saturated heterocycles. The number of benzene rings is 2. The molecule has 36 heavy (non-hydrogen) atoms. The van der Waals surface area contributed by atoms with Gasteiger partial charge >= 0.3 is 0 Å². The third kappa shape index (κ3) is 6.94. The van der Waals surface area contributed by atoms with Crippen LogP contribution in [-0.4, -0.2) is 52.9 Å². The number of hydrogen-bond acceptors (Lipinski definition) is 5. The summed E-state index contributed by atoms with van der Waals surface area (Å²) in [6.07, 6.45) is 2.55. The second kappa shape index (κ2) is 12.2. The number of anilines is 1. The molecular formula is C28H35FN4O3. The Hall–Kier alpha value is -3.20. The number of carbonyl (C=O) groups excluding carboxylic acids is 1. The number of hydrogen-bond donors (Lipinski definition) is 4. The van der Waals surface area contributed by atoms with Gasteiger partial charge in [0.05, 0.1) is 11.9 Å². The van der Waals surface area contributed by atoms with Gasteiger partial charge in [0, 0.05) is 18.8 Å². The summed E-state index contributed by atoms with van der Waals surface area (Å²) in [5.41, 5.74) is 3.80. The van der Waals surface area contributed by atoms with E-state index in [0.29, 0.717) is 30.2 Å². The molecule has 2 heterocycles. The molecule has 4 rings (SSSR count). The SMILES string of the molecule is Cc1cc(C)c(C(=O)Nc2ccccc2OCC(O)CNC2CCCCN2Cc2cccc(F)c2)[nH]1. The number of piperidine rings is 1. The van der Waals surface area contributed by atoms with Gasteiger partial charge in [0.15, 0.2) is 0 Å². The molecule has 2 aromatic carbocycles. The zero-order chi connectivity index (χ0) is 25.5. The van der Waals surface area contributed by atoms with Crippen LogP contribution in [0.5, 0.6) is 5.75 Å². The van der Waals surface area contributed by atoms with Gasteiger partial charge in [-0.15, -0.1) is 0 Å². The number of aromatic amines is 1. The standard InChI is InChI=1S/C28H35FN4O3/c1-19-14-20(2)31-27(19)28(35)32-24-10-3-4-11-25(24)36-18-23(34)16-30-26-12-5-6-13-33(26)17-21-8-7-9-22(29)15-21/h3-4,7-11,14-15,23,26,30-31,34H,5-6,12-13,16-18H2,1-2H3,(H,32,35). The maximum absolute atomic E-state index is 13.6. The molecule has 0 aliphatic carbocycles. The molecule has 4 N–H and O–H groups in total. The molecule has 2 unspecified atom stereocenters. The van der Waals surface area contributed by atoms with Gasteiger partial charge < -0.3 is 20.1 Å². The average molecular weight is 495 g/mol. The first-order valence-corrected chi connectivity index (χ1v) is 12.5. The van der Waals surface area contributed by atoms with Crippen molar-refractivity contribution >= 4 is 11.6 Å². The number of aliphatic hydroxyl groups is 1. The summed E-state index contributed by atoms with van der Waals surface area (Å²) in [4.78, 5) is 18.1. The summed E-state index contributed by atoms with van der Waals surface area (Å²) in [7, 11) is 0. The van der Waals surface area contributed by atoms with E-state index in [9.17, 15) is 14.3 Å². The topological polar surface area (TPSA) is 89.6 Å². The lowest BCUT2D eigenvalue weighted by molar-refractivity contribution is 0.0705. The normalized spacial score (nSPS) is 17.1. The van der Waals surface area contributed by atoms with E-state index in [2.05, 4.69) is 20.5 Å². The van der Waals surface area contributed by atoms with Gasteiger partial charge in [-0.3, -0.25) is 15.0 Å². The molecule has 1 aliphatic rings. The van der Waals surface area contributed by atoms with Gasteiger partial charge in [-0.1, -0.05) is 24.3 Å². The molecule has 1 fully saturated rings. The molecule has 1 amide bonds. The van der Waals surface area contributed by atoms with E-state index in [1.807, 2.05) is 38.1 Å². The Morgan fingerprint density at radius 2 is 2.03 bits per heavy atom. The van der Waals surface area contributed by atoms with Gasteiger partial charge in [0.2, 0.25) is 0 Å². The number of halogens is 1. The van der Waals surface area contributed by atoms with Crippen LogP contribution in [0.1, 0.15) is 46.6 Å². The van der Waals surface area contributed by atoms with Crippen molar-refractivity contribution in [2.75, 3.05) is 25.0 Å². The Kier molecular flexibility index (Phi) is 8.74. The maximum Gasteiger partial charge on any atom is 0.272 e. The summed E-state index contributed by atoms with van der Waals surface area (Å²) < 4.78 is 19.5. The molecule has 1 aliphatic heterocycles. The van der Waals surface area contributed by atoms with Crippen LogP contribution in [0.25, 0.3) is 0 Å². The van der Waals surface area contributed by atoms with Crippen molar-refractivity contribution in [3.8, 4) is 5.75 Å². The summed E-state index contributed by atoms with van der Waals surface area (Å²) in [6, 6.07) is 15.8. The molecule has 8 heteroatoms. The first kappa shape index (κ1) is 25.9. The number of nitrogens with zero attached hydrogens (tertiary/aromatic N) is 1. The number of aromatic nitrogens is 1. The fraction of sp³-hybridized carbons (Fsp3) is 0.393. The van der Waals surface area contributed by atoms with Gasteiger partial charge in [0.1, 0.15) is 30.0 Å². The minimum Gasteiger partial charge on any atom is -0.489 e. The molecule has 192 valence electrons. The van der Waals surface area contributed by atoms with Crippen LogP contribution >= 0.6 is 0 Å². The molecule has 0 bridgehead atoms. The highest BCUT2D eigenvalue weighted by Crippen LogP contribution is 2.25. The summed E-state index contributed by atoms with van der Waals surface area (Å²) in [6.45, 7) is 5.82. The van der Waals surface area contributed by atoms with Crippen molar-refractivity contribution < 1.29 is 19.0 Å². The summed E-state index contributed by atoms with van der Waals surface area (Å²) in [5, 5.41) is 16.9. The summed E-state index contributed by atoms with van der Waals surface area (Å²) >= 11 is 0. The van der Waals surface area contributed by atoms with Crippen molar-refractivity contribution in [1.82, 2.24) is 15.2 Å². The fourth-order valence-corrected chi connectivity index (χ4v) is 4.64. The monoisotopic (exact) mass is 494 g/mol. The van der Waals surface area contributed by atoms with Crippen molar-refractivity contribution in [2.24, 2.45) is 0 Å². The van der Waals surface area contributed by atoms with E-state index in [1.54, 1.807) is 24.3 Å². The molecule has 0 radical (unpaired) electrons. The van der Waals surface area contributed by atoms with E-state index in [-0.39, 0.29) is 24.5 Å². The smallest absolute Gasteiger partial charge is 0.272 e. The quantitative estimate of drug-likeness (QED) is 0.336. The Morgan fingerprint density at radius 1 is 1.19 bits per heavy atom. The van der Waals surface area contributed by atoms with Gasteiger partial charge in [0.25, 0.3) is 5.91 Å². The molecule has 1 aromatic heterocycles. The van der Waals surface area contributed by atoms with E-state index in [1.165, 1.54) is 6.07 Å². The number of H-pyrrole nitrogens is 1. The van der Waals surface area contributed by atoms with Crippen molar-refractivity contribution in [2.45, 2.75) is 51.9 Å². The number of carbonyl (C=O) groups is 1. The minimum atomic E-state index is -0.736. The van der Waals surface area contributed by atoms with Crippen LogP contribution in [0.2, 0.25) is 0 Å². The number of nitrogens with one attached hydrogen (secondary N) is 3. The van der Waals surface area contributed by atoms with Crippen LogP contribution < -0.4 is 15.4 Å². The van der Waals surface area contributed by atoms with Crippen LogP contribution in [0.15, 0.2) is 54.6 Å². The highest BCUT2D eigenvalue weighted by Gasteiger charge is 2.23. The molecule has 2 atom stereocenters. The Bertz CT molecular complexity index is 1170. The van der Waals surface area contributed by atoms with Crippen LogP contribution in [0.4, 0.5) is 10.1 Å². The van der Waals surface area contributed by atoms with Crippen molar-refractivity contribution in [1.29, 1.82) is 0 Å². The third-order valence-corrected chi connectivity index (χ3v) is 6.42. The number of rotatable bonds is 10. The van der Waals surface area contributed by atoms with E-state index in [0.717, 1.165) is 42.6 Å². The highest BCUT2D eigenvalue weighted by atomic mass is 19.1. The molecule has 7 nitrogen and oxygen atoms in total. The average Bonchev–Trinajstić information content (AvgIpc) is 3.21. The van der Waals surface area contributed by atoms with E-state index < -0.39 is 6.10 Å². The molecule has 0 saturated carbocycles. The zero-order valence-corrected chi connectivity index (χ0v) is 20.9. The summed E-state index contributed by atoms with van der Waals surface area (Å²) in [5.74, 6) is 0.0296. The lowest BCUT2D eigenvalue weighted by atomic mass is 10.1. The van der Waals surface area contributed by atoms with E-state index >= 15 is 0 Å².